The molecule has 0 bridgehead atoms. The lowest BCUT2D eigenvalue weighted by Gasteiger charge is -2.09. The van der Waals surface area contributed by atoms with Gasteiger partial charge in [0.1, 0.15) is 12.4 Å². The summed E-state index contributed by atoms with van der Waals surface area (Å²) in [7, 11) is 1.23. The summed E-state index contributed by atoms with van der Waals surface area (Å²) in [6, 6.07) is 2.89. The standard InChI is InChI=1S/C18H14F3N5O5/c1-9-3-11(14-24-16(31-26-14)18(19,20)21)7-23-13(9)25-17(28)30-8-10-4-12(6-22-5-10)15(27)29-2/h3-7H,8H2,1-2H3,(H,23,25,28). The maximum absolute atomic E-state index is 12.6. The Morgan fingerprint density at radius 3 is 2.61 bits per heavy atom. The zero-order valence-corrected chi connectivity index (χ0v) is 16.1. The van der Waals surface area contributed by atoms with Gasteiger partial charge in [-0.2, -0.15) is 18.2 Å². The van der Waals surface area contributed by atoms with Gasteiger partial charge in [-0.3, -0.25) is 10.3 Å². The van der Waals surface area contributed by atoms with Crippen molar-refractivity contribution >= 4 is 17.9 Å². The Morgan fingerprint density at radius 1 is 1.19 bits per heavy atom. The van der Waals surface area contributed by atoms with Crippen LogP contribution in [0.3, 0.4) is 0 Å². The summed E-state index contributed by atoms with van der Waals surface area (Å²) in [6.07, 6.45) is -1.70. The molecule has 162 valence electrons. The van der Waals surface area contributed by atoms with Crippen molar-refractivity contribution in [3.8, 4) is 11.4 Å². The molecule has 0 aliphatic carbocycles. The van der Waals surface area contributed by atoms with Gasteiger partial charge < -0.3 is 14.0 Å². The van der Waals surface area contributed by atoms with Crippen molar-refractivity contribution in [2.45, 2.75) is 19.7 Å². The third kappa shape index (κ3) is 5.32. The molecule has 0 saturated carbocycles. The van der Waals surface area contributed by atoms with Gasteiger partial charge in [-0.15, -0.1) is 0 Å². The van der Waals surface area contributed by atoms with Crippen molar-refractivity contribution < 1.29 is 36.8 Å². The van der Waals surface area contributed by atoms with E-state index < -0.39 is 24.1 Å². The van der Waals surface area contributed by atoms with Gasteiger partial charge in [0.15, 0.2) is 0 Å². The number of aromatic nitrogens is 4. The predicted octanol–water partition coefficient (Wildman–Crippen LogP) is 3.39. The molecule has 0 fully saturated rings. The zero-order chi connectivity index (χ0) is 22.6. The van der Waals surface area contributed by atoms with Gasteiger partial charge in [-0.05, 0) is 24.6 Å². The number of hydrogen-bond acceptors (Lipinski definition) is 9. The van der Waals surface area contributed by atoms with Crippen LogP contribution in [0.1, 0.15) is 27.4 Å². The number of methoxy groups -OCH3 is 1. The molecule has 0 atom stereocenters. The van der Waals surface area contributed by atoms with Crippen LogP contribution in [0.15, 0.2) is 35.2 Å². The summed E-state index contributed by atoms with van der Waals surface area (Å²) in [5.74, 6) is -2.23. The summed E-state index contributed by atoms with van der Waals surface area (Å²) >= 11 is 0. The molecule has 0 spiro atoms. The second kappa shape index (κ2) is 8.77. The largest absolute Gasteiger partial charge is 0.471 e. The van der Waals surface area contributed by atoms with E-state index in [0.717, 1.165) is 0 Å². The molecule has 1 amide bonds. The van der Waals surface area contributed by atoms with Gasteiger partial charge in [-0.1, -0.05) is 5.16 Å². The smallest absolute Gasteiger partial charge is 0.465 e. The van der Waals surface area contributed by atoms with Crippen molar-refractivity contribution in [3.05, 3.63) is 53.3 Å². The summed E-state index contributed by atoms with van der Waals surface area (Å²) in [6.45, 7) is 1.39. The van der Waals surface area contributed by atoms with Gasteiger partial charge in [-0.25, -0.2) is 14.6 Å². The molecule has 0 radical (unpaired) electrons. The first kappa shape index (κ1) is 21.7. The second-order valence-corrected chi connectivity index (χ2v) is 6.08. The number of nitrogens with zero attached hydrogens (tertiary/aromatic N) is 4. The maximum atomic E-state index is 12.6. The van der Waals surface area contributed by atoms with Gasteiger partial charge in [0.05, 0.1) is 12.7 Å². The highest BCUT2D eigenvalue weighted by Gasteiger charge is 2.38. The number of amides is 1. The summed E-state index contributed by atoms with van der Waals surface area (Å²) < 4.78 is 51.6. The molecule has 0 aliphatic heterocycles. The average molecular weight is 437 g/mol. The van der Waals surface area contributed by atoms with Gasteiger partial charge >= 0.3 is 24.1 Å². The topological polar surface area (TPSA) is 129 Å². The average Bonchev–Trinajstić information content (AvgIpc) is 3.24. The Balaban J connectivity index is 1.63. The van der Waals surface area contributed by atoms with Crippen LogP contribution in [0, 0.1) is 6.92 Å². The Kier molecular flexibility index (Phi) is 6.13. The molecule has 3 aromatic heterocycles. The van der Waals surface area contributed by atoms with Crippen LogP contribution in [-0.4, -0.2) is 39.3 Å². The Morgan fingerprint density at radius 2 is 1.97 bits per heavy atom. The lowest BCUT2D eigenvalue weighted by atomic mass is 10.2. The minimum Gasteiger partial charge on any atom is -0.465 e. The van der Waals surface area contributed by atoms with E-state index in [1.54, 1.807) is 6.92 Å². The van der Waals surface area contributed by atoms with Crippen LogP contribution < -0.4 is 5.32 Å². The Hall–Kier alpha value is -4.03. The normalized spacial score (nSPS) is 11.1. The SMILES string of the molecule is COC(=O)c1cncc(COC(=O)Nc2ncc(-c3noc(C(F)(F)F)n3)cc2C)c1. The van der Waals surface area contributed by atoms with E-state index in [0.29, 0.717) is 11.1 Å². The van der Waals surface area contributed by atoms with E-state index in [4.69, 9.17) is 4.74 Å². The number of ether oxygens (including phenoxy) is 2. The van der Waals surface area contributed by atoms with Crippen molar-refractivity contribution in [2.75, 3.05) is 12.4 Å². The number of halogens is 3. The number of nitrogens with one attached hydrogen (secondary N) is 1. The number of alkyl halides is 3. The minimum atomic E-state index is -4.76. The molecule has 10 nitrogen and oxygen atoms in total. The molecule has 0 unspecified atom stereocenters. The lowest BCUT2D eigenvalue weighted by molar-refractivity contribution is -0.159. The summed E-state index contributed by atoms with van der Waals surface area (Å²) in [5, 5.41) is 5.68. The number of rotatable bonds is 5. The van der Waals surface area contributed by atoms with Crippen LogP contribution in [-0.2, 0) is 22.3 Å². The number of anilines is 1. The third-order valence-electron chi connectivity index (χ3n) is 3.81. The highest BCUT2D eigenvalue weighted by atomic mass is 19.4. The fraction of sp³-hybridized carbons (Fsp3) is 0.222. The number of hydrogen-bond donors (Lipinski definition) is 1. The van der Waals surface area contributed by atoms with Gasteiger partial charge in [0.25, 0.3) is 0 Å². The first-order valence-corrected chi connectivity index (χ1v) is 8.51. The molecule has 3 heterocycles. The molecule has 0 aromatic carbocycles. The summed E-state index contributed by atoms with van der Waals surface area (Å²) in [4.78, 5) is 34.7. The fourth-order valence-electron chi connectivity index (χ4n) is 2.36. The van der Waals surface area contributed by atoms with E-state index in [-0.39, 0.29) is 29.4 Å². The highest BCUT2D eigenvalue weighted by Crippen LogP contribution is 2.29. The zero-order valence-electron chi connectivity index (χ0n) is 16.1. The highest BCUT2D eigenvalue weighted by molar-refractivity contribution is 5.89. The molecule has 0 aliphatic rings. The number of aryl methyl sites for hydroxylation is 1. The molecule has 0 saturated heterocycles. The van der Waals surface area contributed by atoms with Crippen molar-refractivity contribution in [1.29, 1.82) is 0 Å². The van der Waals surface area contributed by atoms with Gasteiger partial charge in [0.2, 0.25) is 5.82 Å². The maximum Gasteiger partial charge on any atom is 0.471 e. The molecular formula is C18H14F3N5O5. The van der Waals surface area contributed by atoms with Crippen molar-refractivity contribution in [2.24, 2.45) is 0 Å². The second-order valence-electron chi connectivity index (χ2n) is 6.08. The predicted molar refractivity (Wildman–Crippen MR) is 96.7 cm³/mol. The Bertz CT molecular complexity index is 1120. The van der Waals surface area contributed by atoms with Crippen molar-refractivity contribution in [1.82, 2.24) is 20.1 Å². The lowest BCUT2D eigenvalue weighted by Crippen LogP contribution is -2.15. The van der Waals surface area contributed by atoms with Crippen molar-refractivity contribution in [3.63, 3.8) is 0 Å². The molecule has 31 heavy (non-hydrogen) atoms. The molecular weight excluding hydrogens is 423 g/mol. The number of carbonyl (C=O) groups excluding carboxylic acids is 2. The number of esters is 1. The van der Waals surface area contributed by atoms with Crippen LogP contribution >= 0.6 is 0 Å². The first-order chi connectivity index (χ1) is 14.7. The van der Waals surface area contributed by atoms with E-state index in [9.17, 15) is 22.8 Å². The van der Waals surface area contributed by atoms with Crippen LogP contribution in [0.4, 0.5) is 23.8 Å². The molecule has 3 aromatic rings. The van der Waals surface area contributed by atoms with E-state index in [2.05, 4.69) is 34.7 Å². The first-order valence-electron chi connectivity index (χ1n) is 8.51. The Labute approximate surface area is 172 Å². The van der Waals surface area contributed by atoms with E-state index in [1.165, 1.54) is 37.8 Å². The monoisotopic (exact) mass is 437 g/mol. The minimum absolute atomic E-state index is 0.120. The van der Waals surface area contributed by atoms with Gasteiger partial charge in [0, 0.05) is 29.7 Å². The quantitative estimate of drug-likeness (QED) is 0.597. The van der Waals surface area contributed by atoms with Crippen LogP contribution in [0.25, 0.3) is 11.4 Å². The van der Waals surface area contributed by atoms with Crippen LogP contribution in [0.2, 0.25) is 0 Å². The number of pyridine rings is 2. The van der Waals surface area contributed by atoms with Crippen LogP contribution in [0.5, 0.6) is 0 Å². The molecule has 3 rings (SSSR count). The third-order valence-corrected chi connectivity index (χ3v) is 3.81. The van der Waals surface area contributed by atoms with E-state index >= 15 is 0 Å². The number of carbonyl (C=O) groups is 2. The van der Waals surface area contributed by atoms with E-state index in [1.807, 2.05) is 0 Å². The summed E-state index contributed by atoms with van der Waals surface area (Å²) in [5.41, 5.74) is 1.24. The molecule has 13 heteroatoms. The fourth-order valence-corrected chi connectivity index (χ4v) is 2.36. The molecule has 1 N–H and O–H groups in total.